The van der Waals surface area contributed by atoms with Crippen LogP contribution in [0.15, 0.2) is 24.3 Å². The number of rotatable bonds is 5. The zero-order chi connectivity index (χ0) is 14.8. The van der Waals surface area contributed by atoms with Crippen molar-refractivity contribution in [3.63, 3.8) is 0 Å². The quantitative estimate of drug-likeness (QED) is 0.868. The van der Waals surface area contributed by atoms with E-state index in [9.17, 15) is 9.59 Å². The van der Waals surface area contributed by atoms with Crippen molar-refractivity contribution in [1.82, 2.24) is 0 Å². The topological polar surface area (TPSA) is 81.4 Å². The van der Waals surface area contributed by atoms with Crippen LogP contribution in [0.3, 0.4) is 0 Å². The van der Waals surface area contributed by atoms with E-state index in [-0.39, 0.29) is 18.4 Å². The van der Waals surface area contributed by atoms with Gasteiger partial charge in [0.25, 0.3) is 5.91 Å². The van der Waals surface area contributed by atoms with E-state index in [1.165, 1.54) is 19.3 Å². The molecule has 0 aliphatic heterocycles. The molecule has 3 atom stereocenters. The molecule has 1 aromatic carbocycles. The first kappa shape index (κ1) is 13.9. The molecule has 0 unspecified atom stereocenters. The van der Waals surface area contributed by atoms with Crippen LogP contribution in [0.5, 0.6) is 5.75 Å². The molecule has 0 spiro atoms. The first-order valence-electron chi connectivity index (χ1n) is 7.44. The van der Waals surface area contributed by atoms with Crippen LogP contribution in [0, 0.1) is 17.8 Å². The van der Waals surface area contributed by atoms with Gasteiger partial charge in [0.05, 0.1) is 0 Å². The highest BCUT2D eigenvalue weighted by Crippen LogP contribution is 2.48. The molecule has 112 valence electrons. The van der Waals surface area contributed by atoms with Crippen molar-refractivity contribution in [3.8, 4) is 5.75 Å². The molecule has 1 aromatic rings. The SMILES string of the molecule is NC(=O)COc1cccc(NC(=O)[C@H]2C[C@H]3CC[C@H]2C3)c1. The third kappa shape index (κ3) is 3.17. The lowest BCUT2D eigenvalue weighted by Crippen LogP contribution is -2.27. The number of ether oxygens (including phenoxy) is 1. The summed E-state index contributed by atoms with van der Waals surface area (Å²) in [4.78, 5) is 23.1. The molecule has 0 aromatic heterocycles. The molecule has 0 saturated heterocycles. The first-order valence-corrected chi connectivity index (χ1v) is 7.44. The Morgan fingerprint density at radius 1 is 1.29 bits per heavy atom. The molecule has 21 heavy (non-hydrogen) atoms. The van der Waals surface area contributed by atoms with E-state index in [1.807, 2.05) is 6.07 Å². The maximum Gasteiger partial charge on any atom is 0.255 e. The van der Waals surface area contributed by atoms with Crippen molar-refractivity contribution in [3.05, 3.63) is 24.3 Å². The fourth-order valence-corrected chi connectivity index (χ4v) is 3.62. The maximum absolute atomic E-state index is 12.4. The number of benzene rings is 1. The van der Waals surface area contributed by atoms with Crippen LogP contribution in [0.4, 0.5) is 5.69 Å². The smallest absolute Gasteiger partial charge is 0.255 e. The lowest BCUT2D eigenvalue weighted by atomic mass is 9.88. The molecule has 0 heterocycles. The fraction of sp³-hybridized carbons (Fsp3) is 0.500. The van der Waals surface area contributed by atoms with Crippen LogP contribution in [-0.2, 0) is 9.59 Å². The fourth-order valence-electron chi connectivity index (χ4n) is 3.62. The number of primary amides is 1. The Kier molecular flexibility index (Phi) is 3.82. The van der Waals surface area contributed by atoms with Gasteiger partial charge in [-0.05, 0) is 43.2 Å². The summed E-state index contributed by atoms with van der Waals surface area (Å²) >= 11 is 0. The predicted octanol–water partition coefficient (Wildman–Crippen LogP) is 1.93. The van der Waals surface area contributed by atoms with Gasteiger partial charge in [-0.1, -0.05) is 12.5 Å². The van der Waals surface area contributed by atoms with Crippen molar-refractivity contribution < 1.29 is 14.3 Å². The highest BCUT2D eigenvalue weighted by Gasteiger charge is 2.42. The van der Waals surface area contributed by atoms with Crippen LogP contribution in [0.2, 0.25) is 0 Å². The number of hydrogen-bond donors (Lipinski definition) is 2. The van der Waals surface area contributed by atoms with E-state index in [4.69, 9.17) is 10.5 Å². The Morgan fingerprint density at radius 2 is 2.14 bits per heavy atom. The summed E-state index contributed by atoms with van der Waals surface area (Å²) in [6.07, 6.45) is 4.70. The number of hydrogen-bond acceptors (Lipinski definition) is 3. The second kappa shape index (κ2) is 5.76. The van der Waals surface area contributed by atoms with Gasteiger partial charge in [0.2, 0.25) is 5.91 Å². The van der Waals surface area contributed by atoms with E-state index < -0.39 is 5.91 Å². The lowest BCUT2D eigenvalue weighted by molar-refractivity contribution is -0.121. The Bertz CT molecular complexity index is 558. The Hall–Kier alpha value is -2.04. The van der Waals surface area contributed by atoms with Gasteiger partial charge in [-0.15, -0.1) is 0 Å². The van der Waals surface area contributed by atoms with Crippen molar-refractivity contribution in [2.75, 3.05) is 11.9 Å². The minimum Gasteiger partial charge on any atom is -0.484 e. The summed E-state index contributed by atoms with van der Waals surface area (Å²) in [7, 11) is 0. The van der Waals surface area contributed by atoms with Crippen molar-refractivity contribution in [2.45, 2.75) is 25.7 Å². The maximum atomic E-state index is 12.4. The summed E-state index contributed by atoms with van der Waals surface area (Å²) in [5.41, 5.74) is 5.74. The number of nitrogens with one attached hydrogen (secondary N) is 1. The molecular weight excluding hydrogens is 268 g/mol. The summed E-state index contributed by atoms with van der Waals surface area (Å²) < 4.78 is 5.24. The molecule has 5 heteroatoms. The molecule has 2 fully saturated rings. The summed E-state index contributed by atoms with van der Waals surface area (Å²) in [5.74, 6) is 1.57. The summed E-state index contributed by atoms with van der Waals surface area (Å²) in [5, 5.41) is 2.96. The zero-order valence-electron chi connectivity index (χ0n) is 11.9. The second-order valence-corrected chi connectivity index (χ2v) is 6.05. The van der Waals surface area contributed by atoms with Gasteiger partial charge in [-0.25, -0.2) is 0 Å². The Balaban J connectivity index is 1.60. The second-order valence-electron chi connectivity index (χ2n) is 6.05. The van der Waals surface area contributed by atoms with Crippen LogP contribution in [-0.4, -0.2) is 18.4 Å². The van der Waals surface area contributed by atoms with Crippen LogP contribution < -0.4 is 15.8 Å². The molecule has 2 aliphatic rings. The lowest BCUT2D eigenvalue weighted by Gasteiger charge is -2.20. The number of anilines is 1. The molecule has 5 nitrogen and oxygen atoms in total. The Morgan fingerprint density at radius 3 is 2.81 bits per heavy atom. The predicted molar refractivity (Wildman–Crippen MR) is 78.7 cm³/mol. The highest BCUT2D eigenvalue weighted by atomic mass is 16.5. The minimum atomic E-state index is -0.522. The van der Waals surface area contributed by atoms with E-state index in [0.717, 1.165) is 12.3 Å². The van der Waals surface area contributed by atoms with E-state index in [0.29, 0.717) is 17.4 Å². The monoisotopic (exact) mass is 288 g/mol. The van der Waals surface area contributed by atoms with Gasteiger partial charge in [0.15, 0.2) is 6.61 Å². The summed E-state index contributed by atoms with van der Waals surface area (Å²) in [6.45, 7) is -0.163. The van der Waals surface area contributed by atoms with Crippen LogP contribution in [0.1, 0.15) is 25.7 Å². The van der Waals surface area contributed by atoms with Crippen LogP contribution in [0.25, 0.3) is 0 Å². The van der Waals surface area contributed by atoms with E-state index in [1.54, 1.807) is 18.2 Å². The first-order chi connectivity index (χ1) is 10.1. The van der Waals surface area contributed by atoms with Gasteiger partial charge in [-0.3, -0.25) is 9.59 Å². The largest absolute Gasteiger partial charge is 0.484 e. The molecule has 2 saturated carbocycles. The number of nitrogens with two attached hydrogens (primary N) is 1. The molecular formula is C16H20N2O3. The van der Waals surface area contributed by atoms with E-state index in [2.05, 4.69) is 5.32 Å². The molecule has 0 radical (unpaired) electrons. The molecule has 3 N–H and O–H groups in total. The number of carbonyl (C=O) groups excluding carboxylic acids is 2. The molecule has 2 amide bonds. The molecule has 3 rings (SSSR count). The third-order valence-electron chi connectivity index (χ3n) is 4.56. The van der Waals surface area contributed by atoms with Crippen molar-refractivity contribution >= 4 is 17.5 Å². The third-order valence-corrected chi connectivity index (χ3v) is 4.56. The van der Waals surface area contributed by atoms with Gasteiger partial charge in [0.1, 0.15) is 5.75 Å². The molecule has 2 aliphatic carbocycles. The highest BCUT2D eigenvalue weighted by molar-refractivity contribution is 5.93. The van der Waals surface area contributed by atoms with Gasteiger partial charge in [0, 0.05) is 17.7 Å². The standard InChI is InChI=1S/C16H20N2O3/c17-15(19)9-21-13-3-1-2-12(8-13)18-16(20)14-7-10-4-5-11(14)6-10/h1-3,8,10-11,14H,4-7,9H2,(H2,17,19)(H,18,20)/t10-,11-,14-/m0/s1. The number of amides is 2. The number of carbonyl (C=O) groups is 2. The number of fused-ring (bicyclic) bond motifs is 2. The van der Waals surface area contributed by atoms with Crippen molar-refractivity contribution in [1.29, 1.82) is 0 Å². The summed E-state index contributed by atoms with van der Waals surface area (Å²) in [6, 6.07) is 7.05. The van der Waals surface area contributed by atoms with E-state index >= 15 is 0 Å². The van der Waals surface area contributed by atoms with Crippen LogP contribution >= 0.6 is 0 Å². The van der Waals surface area contributed by atoms with Crippen molar-refractivity contribution in [2.24, 2.45) is 23.5 Å². The van der Waals surface area contributed by atoms with Gasteiger partial charge in [-0.2, -0.15) is 0 Å². The van der Waals surface area contributed by atoms with Gasteiger partial charge < -0.3 is 15.8 Å². The average Bonchev–Trinajstić information content (AvgIpc) is 3.08. The molecule has 2 bridgehead atoms. The zero-order valence-corrected chi connectivity index (χ0v) is 11.9. The van der Waals surface area contributed by atoms with Gasteiger partial charge >= 0.3 is 0 Å². The Labute approximate surface area is 123 Å². The minimum absolute atomic E-state index is 0.106. The normalized spacial score (nSPS) is 26.6. The average molecular weight is 288 g/mol.